The molecule has 0 radical (unpaired) electrons. The number of fused-ring (bicyclic) bond motifs is 1. The van der Waals surface area contributed by atoms with Gasteiger partial charge in [-0.25, -0.2) is 0 Å². The average Bonchev–Trinajstić information content (AvgIpc) is 2.86. The van der Waals surface area contributed by atoms with E-state index in [0.717, 1.165) is 17.7 Å². The smallest absolute Gasteiger partial charge is 0.261 e. The number of hydrogen-bond donors (Lipinski definition) is 2. The Morgan fingerprint density at radius 3 is 2.33 bits per heavy atom. The molecule has 2 aromatic rings. The summed E-state index contributed by atoms with van der Waals surface area (Å²) in [5.41, 5.74) is 8.90. The summed E-state index contributed by atoms with van der Waals surface area (Å²) in [6, 6.07) is 14.8. The van der Waals surface area contributed by atoms with Gasteiger partial charge in [-0.3, -0.25) is 19.5 Å². The van der Waals surface area contributed by atoms with Crippen LogP contribution in [0.25, 0.3) is 0 Å². The van der Waals surface area contributed by atoms with Gasteiger partial charge in [0.25, 0.3) is 11.8 Å². The summed E-state index contributed by atoms with van der Waals surface area (Å²) in [4.78, 5) is 30.1. The molecule has 1 heterocycles. The minimum atomic E-state index is -0.213. The van der Waals surface area contributed by atoms with Gasteiger partial charge in [-0.1, -0.05) is 24.3 Å². The van der Waals surface area contributed by atoms with Gasteiger partial charge in [0.1, 0.15) is 0 Å². The minimum absolute atomic E-state index is 0. The van der Waals surface area contributed by atoms with E-state index in [-0.39, 0.29) is 35.8 Å². The van der Waals surface area contributed by atoms with Crippen molar-refractivity contribution in [3.05, 3.63) is 65.2 Å². The Hall–Kier alpha value is -2.42. The van der Waals surface area contributed by atoms with Gasteiger partial charge in [0.15, 0.2) is 5.96 Å². The molecule has 0 spiro atoms. The highest BCUT2D eigenvalue weighted by Gasteiger charge is 2.34. The van der Waals surface area contributed by atoms with Gasteiger partial charge in [0.05, 0.1) is 11.1 Å². The summed E-state index contributed by atoms with van der Waals surface area (Å²) in [5, 5.41) is 3.05. The van der Waals surface area contributed by atoms with Crippen molar-refractivity contribution in [1.82, 2.24) is 4.90 Å². The van der Waals surface area contributed by atoms with Gasteiger partial charge in [0.2, 0.25) is 0 Å². The number of aryl methyl sites for hydroxylation is 1. The Morgan fingerprint density at radius 2 is 1.70 bits per heavy atom. The van der Waals surface area contributed by atoms with Crippen LogP contribution >= 0.6 is 24.0 Å². The van der Waals surface area contributed by atoms with Crippen molar-refractivity contribution in [3.63, 3.8) is 0 Å². The summed E-state index contributed by atoms with van der Waals surface area (Å²) < 4.78 is 0. The van der Waals surface area contributed by atoms with Crippen molar-refractivity contribution in [1.29, 1.82) is 0 Å². The number of imide groups is 1. The number of aliphatic imine (C=N–C) groups is 1. The van der Waals surface area contributed by atoms with E-state index in [2.05, 4.69) is 10.3 Å². The third-order valence-corrected chi connectivity index (χ3v) is 4.24. The monoisotopic (exact) mass is 478 g/mol. The Morgan fingerprint density at radius 1 is 1.04 bits per heavy atom. The third-order valence-electron chi connectivity index (χ3n) is 4.24. The fourth-order valence-electron chi connectivity index (χ4n) is 2.93. The van der Waals surface area contributed by atoms with Crippen molar-refractivity contribution in [2.45, 2.75) is 19.8 Å². The fraction of sp³-hybridized carbons (Fsp3) is 0.250. The van der Waals surface area contributed by atoms with Crippen LogP contribution in [0.4, 0.5) is 5.69 Å². The second-order valence-corrected chi connectivity index (χ2v) is 6.28. The molecule has 0 aliphatic carbocycles. The lowest BCUT2D eigenvalue weighted by atomic mass is 10.1. The van der Waals surface area contributed by atoms with Crippen molar-refractivity contribution in [2.24, 2.45) is 10.7 Å². The number of nitrogens with two attached hydrogens (primary N) is 1. The van der Waals surface area contributed by atoms with Crippen LogP contribution in [0.2, 0.25) is 0 Å². The van der Waals surface area contributed by atoms with Crippen LogP contribution in [0.15, 0.2) is 53.5 Å². The lowest BCUT2D eigenvalue weighted by molar-refractivity contribution is 0.0652. The molecule has 2 aromatic carbocycles. The summed E-state index contributed by atoms with van der Waals surface area (Å²) in [6.07, 6.45) is 1.43. The second kappa shape index (κ2) is 9.50. The Bertz CT molecular complexity index is 832. The molecule has 142 valence electrons. The number of nitrogens with one attached hydrogen (secondary N) is 1. The third kappa shape index (κ3) is 5.06. The first-order chi connectivity index (χ1) is 12.6. The largest absolute Gasteiger partial charge is 0.370 e. The topological polar surface area (TPSA) is 87.8 Å². The summed E-state index contributed by atoms with van der Waals surface area (Å²) in [6.45, 7) is 2.94. The van der Waals surface area contributed by atoms with E-state index in [9.17, 15) is 9.59 Å². The molecule has 7 heteroatoms. The highest BCUT2D eigenvalue weighted by molar-refractivity contribution is 14.0. The molecule has 3 N–H and O–H groups in total. The molecule has 0 bridgehead atoms. The summed E-state index contributed by atoms with van der Waals surface area (Å²) >= 11 is 0. The van der Waals surface area contributed by atoms with Crippen molar-refractivity contribution in [2.75, 3.05) is 18.4 Å². The number of benzene rings is 2. The number of guanidine groups is 1. The number of carbonyl (C=O) groups is 2. The molecule has 6 nitrogen and oxygen atoms in total. The Kier molecular flexibility index (Phi) is 7.35. The zero-order valence-electron chi connectivity index (χ0n) is 15.1. The number of hydrogen-bond acceptors (Lipinski definition) is 3. The van der Waals surface area contributed by atoms with Crippen molar-refractivity contribution >= 4 is 47.4 Å². The van der Waals surface area contributed by atoms with E-state index in [4.69, 9.17) is 5.73 Å². The Labute approximate surface area is 175 Å². The number of amides is 2. The predicted octanol–water partition coefficient (Wildman–Crippen LogP) is 3.42. The number of unbranched alkanes of at least 4 members (excludes halogenated alkanes) is 1. The van der Waals surface area contributed by atoms with Crippen LogP contribution in [-0.4, -0.2) is 35.8 Å². The van der Waals surface area contributed by atoms with Crippen LogP contribution in [0, 0.1) is 6.92 Å². The van der Waals surface area contributed by atoms with Crippen LogP contribution in [0.3, 0.4) is 0 Å². The average molecular weight is 478 g/mol. The van der Waals surface area contributed by atoms with Gasteiger partial charge in [-0.2, -0.15) is 0 Å². The quantitative estimate of drug-likeness (QED) is 0.219. The van der Waals surface area contributed by atoms with Gasteiger partial charge in [-0.05, 0) is 49.6 Å². The summed E-state index contributed by atoms with van der Waals surface area (Å²) in [7, 11) is 0. The highest BCUT2D eigenvalue weighted by atomic mass is 127. The molecule has 27 heavy (non-hydrogen) atoms. The van der Waals surface area contributed by atoms with Crippen LogP contribution < -0.4 is 11.1 Å². The number of halogens is 1. The minimum Gasteiger partial charge on any atom is -0.370 e. The number of carbonyl (C=O) groups excluding carboxylic acids is 2. The maximum atomic E-state index is 12.3. The predicted molar refractivity (Wildman–Crippen MR) is 118 cm³/mol. The van der Waals surface area contributed by atoms with Gasteiger partial charge in [-0.15, -0.1) is 24.0 Å². The van der Waals surface area contributed by atoms with E-state index >= 15 is 0 Å². The molecule has 1 aliphatic heterocycles. The second-order valence-electron chi connectivity index (χ2n) is 6.28. The maximum Gasteiger partial charge on any atom is 0.261 e. The first kappa shape index (κ1) is 20.9. The molecule has 1 aliphatic rings. The fourth-order valence-corrected chi connectivity index (χ4v) is 2.93. The lowest BCUT2D eigenvalue weighted by Gasteiger charge is -2.13. The molecule has 0 unspecified atom stereocenters. The molecule has 0 fully saturated rings. The van der Waals surface area contributed by atoms with E-state index in [0.29, 0.717) is 36.6 Å². The number of rotatable bonds is 6. The van der Waals surface area contributed by atoms with Crippen LogP contribution in [0.5, 0.6) is 0 Å². The SMILES string of the molecule is Cc1cccc(NC(N)=NCCCCN2C(=O)c3ccccc3C2=O)c1.I. The Balaban J connectivity index is 0.00000261. The molecule has 0 atom stereocenters. The van der Waals surface area contributed by atoms with Gasteiger partial charge >= 0.3 is 0 Å². The lowest BCUT2D eigenvalue weighted by Crippen LogP contribution is -2.30. The standard InChI is InChI=1S/C20H22N4O2.HI/c1-14-7-6-8-15(13-14)23-20(21)22-11-4-5-12-24-18(25)16-9-2-3-10-17(16)19(24)26;/h2-3,6-10,13H,4-5,11-12H2,1H3,(H3,21,22,23);1H. The molecule has 2 amide bonds. The maximum absolute atomic E-state index is 12.3. The van der Waals surface area contributed by atoms with Crippen LogP contribution in [0.1, 0.15) is 39.1 Å². The zero-order valence-corrected chi connectivity index (χ0v) is 17.5. The normalized spacial score (nSPS) is 13.4. The van der Waals surface area contributed by atoms with E-state index in [1.165, 1.54) is 4.90 Å². The molecule has 0 aromatic heterocycles. The van der Waals surface area contributed by atoms with Gasteiger partial charge in [0, 0.05) is 18.8 Å². The first-order valence-corrected chi connectivity index (χ1v) is 8.65. The molecular weight excluding hydrogens is 455 g/mol. The molecular formula is C20H23IN4O2. The molecule has 0 saturated heterocycles. The first-order valence-electron chi connectivity index (χ1n) is 8.65. The zero-order chi connectivity index (χ0) is 18.5. The van der Waals surface area contributed by atoms with Crippen molar-refractivity contribution < 1.29 is 9.59 Å². The van der Waals surface area contributed by atoms with Gasteiger partial charge < -0.3 is 11.1 Å². The highest BCUT2D eigenvalue weighted by Crippen LogP contribution is 2.22. The van der Waals surface area contributed by atoms with Crippen molar-refractivity contribution in [3.8, 4) is 0 Å². The summed E-state index contributed by atoms with van der Waals surface area (Å²) in [5.74, 6) is -0.0687. The van der Waals surface area contributed by atoms with Crippen LogP contribution in [-0.2, 0) is 0 Å². The number of anilines is 1. The van der Waals surface area contributed by atoms with E-state index < -0.39 is 0 Å². The molecule has 3 rings (SSSR count). The molecule has 0 saturated carbocycles. The van der Waals surface area contributed by atoms with E-state index in [1.807, 2.05) is 31.2 Å². The number of nitrogens with zero attached hydrogens (tertiary/aromatic N) is 2. The van der Waals surface area contributed by atoms with E-state index in [1.54, 1.807) is 24.3 Å².